The second kappa shape index (κ2) is 8.62. The second-order valence-electron chi connectivity index (χ2n) is 8.80. The van der Waals surface area contributed by atoms with Crippen LogP contribution in [-0.4, -0.2) is 34.0 Å². The molecule has 160 valence electrons. The van der Waals surface area contributed by atoms with Crippen LogP contribution in [0.1, 0.15) is 83.9 Å². The van der Waals surface area contributed by atoms with Crippen LogP contribution in [0.3, 0.4) is 0 Å². The topological polar surface area (TPSA) is 75.4 Å². The highest BCUT2D eigenvalue weighted by atomic mass is 16.5. The smallest absolute Gasteiger partial charge is 0.260 e. The highest BCUT2D eigenvalue weighted by molar-refractivity contribution is 5.99. The Hall–Kier alpha value is -2.63. The van der Waals surface area contributed by atoms with E-state index in [0.29, 0.717) is 17.0 Å². The summed E-state index contributed by atoms with van der Waals surface area (Å²) in [5.41, 5.74) is 3.02. The lowest BCUT2D eigenvalue weighted by atomic mass is 9.94. The summed E-state index contributed by atoms with van der Waals surface area (Å²) in [4.78, 5) is 29.0. The van der Waals surface area contributed by atoms with Crippen molar-refractivity contribution in [2.45, 2.75) is 83.8 Å². The molecule has 2 aliphatic carbocycles. The van der Waals surface area contributed by atoms with Crippen LogP contribution in [0, 0.1) is 20.8 Å². The van der Waals surface area contributed by atoms with Crippen molar-refractivity contribution in [2.24, 2.45) is 0 Å². The number of aryl methyl sites for hydroxylation is 3. The van der Waals surface area contributed by atoms with Crippen LogP contribution in [0.4, 0.5) is 0 Å². The maximum Gasteiger partial charge on any atom is 0.260 e. The molecule has 0 bridgehead atoms. The van der Waals surface area contributed by atoms with Crippen molar-refractivity contribution in [3.63, 3.8) is 0 Å². The molecule has 1 N–H and O–H groups in total. The number of benzene rings is 1. The molecule has 2 fully saturated rings. The number of hydrogen-bond acceptors (Lipinski definition) is 4. The van der Waals surface area contributed by atoms with Crippen molar-refractivity contribution in [1.82, 2.24) is 15.4 Å². The van der Waals surface area contributed by atoms with Crippen LogP contribution in [0.5, 0.6) is 0 Å². The van der Waals surface area contributed by atoms with Crippen molar-refractivity contribution in [3.05, 3.63) is 52.4 Å². The van der Waals surface area contributed by atoms with Crippen LogP contribution in [0.25, 0.3) is 0 Å². The van der Waals surface area contributed by atoms with Gasteiger partial charge in [-0.3, -0.25) is 9.59 Å². The SMILES string of the molecule is Cc1ccc([C@@H](C(=O)NC2CCCCC2)N(C(=O)c2c(C)noc2C)C2CC2)cc1. The lowest BCUT2D eigenvalue weighted by Gasteiger charge is -2.33. The fourth-order valence-electron chi connectivity index (χ4n) is 4.48. The minimum absolute atomic E-state index is 0.0645. The van der Waals surface area contributed by atoms with Crippen LogP contribution >= 0.6 is 0 Å². The van der Waals surface area contributed by atoms with Crippen LogP contribution in [0.15, 0.2) is 28.8 Å². The highest BCUT2D eigenvalue weighted by Gasteiger charge is 2.43. The molecule has 30 heavy (non-hydrogen) atoms. The van der Waals surface area contributed by atoms with Gasteiger partial charge in [0, 0.05) is 12.1 Å². The zero-order valence-electron chi connectivity index (χ0n) is 18.1. The number of nitrogens with zero attached hydrogens (tertiary/aromatic N) is 2. The van der Waals surface area contributed by atoms with Gasteiger partial charge in [0.15, 0.2) is 0 Å². The molecule has 0 radical (unpaired) electrons. The zero-order chi connectivity index (χ0) is 21.3. The van der Waals surface area contributed by atoms with Gasteiger partial charge in [0.25, 0.3) is 5.91 Å². The predicted octanol–water partition coefficient (Wildman–Crippen LogP) is 4.39. The Morgan fingerprint density at radius 3 is 2.27 bits per heavy atom. The molecule has 1 aromatic carbocycles. The Balaban J connectivity index is 1.69. The number of amides is 2. The minimum atomic E-state index is -0.652. The van der Waals surface area contributed by atoms with E-state index < -0.39 is 6.04 Å². The summed E-state index contributed by atoms with van der Waals surface area (Å²) in [7, 11) is 0. The molecule has 0 aliphatic heterocycles. The average Bonchev–Trinajstić information content (AvgIpc) is 3.51. The van der Waals surface area contributed by atoms with E-state index >= 15 is 0 Å². The maximum atomic E-state index is 13.7. The maximum absolute atomic E-state index is 13.7. The van der Waals surface area contributed by atoms with Gasteiger partial charge in [0.1, 0.15) is 17.4 Å². The Labute approximate surface area is 178 Å². The molecule has 2 saturated carbocycles. The van der Waals surface area contributed by atoms with Gasteiger partial charge < -0.3 is 14.7 Å². The predicted molar refractivity (Wildman–Crippen MR) is 114 cm³/mol. The summed E-state index contributed by atoms with van der Waals surface area (Å²) in [6.07, 6.45) is 7.35. The fourth-order valence-corrected chi connectivity index (χ4v) is 4.48. The Kier molecular flexibility index (Phi) is 5.93. The molecule has 0 spiro atoms. The van der Waals surface area contributed by atoms with E-state index in [1.807, 2.05) is 31.2 Å². The number of hydrogen-bond donors (Lipinski definition) is 1. The normalized spacial score (nSPS) is 18.1. The Morgan fingerprint density at radius 2 is 1.70 bits per heavy atom. The van der Waals surface area contributed by atoms with Gasteiger partial charge >= 0.3 is 0 Å². The van der Waals surface area contributed by atoms with Gasteiger partial charge in [-0.25, -0.2) is 0 Å². The third-order valence-corrected chi connectivity index (χ3v) is 6.29. The van der Waals surface area contributed by atoms with Crippen molar-refractivity contribution >= 4 is 11.8 Å². The van der Waals surface area contributed by atoms with E-state index in [2.05, 4.69) is 10.5 Å². The molecule has 1 heterocycles. The number of aromatic nitrogens is 1. The molecule has 0 saturated heterocycles. The van der Waals surface area contributed by atoms with Gasteiger partial charge in [-0.05, 0) is 52.0 Å². The summed E-state index contributed by atoms with van der Waals surface area (Å²) in [5, 5.41) is 7.21. The number of carbonyl (C=O) groups is 2. The monoisotopic (exact) mass is 409 g/mol. The van der Waals surface area contributed by atoms with E-state index in [-0.39, 0.29) is 23.9 Å². The first-order valence-corrected chi connectivity index (χ1v) is 11.1. The van der Waals surface area contributed by atoms with Crippen LogP contribution in [-0.2, 0) is 4.79 Å². The standard InChI is InChI=1S/C24H31N3O3/c1-15-9-11-18(12-10-15)22(23(28)25-19-7-5-4-6-8-19)27(20-13-14-20)24(29)21-16(2)26-30-17(21)3/h9-12,19-20,22H,4-8,13-14H2,1-3H3,(H,25,28)/t22-/m0/s1. The third kappa shape index (κ3) is 4.27. The molecular weight excluding hydrogens is 378 g/mol. The van der Waals surface area contributed by atoms with Crippen LogP contribution < -0.4 is 5.32 Å². The molecule has 1 atom stereocenters. The number of rotatable bonds is 6. The summed E-state index contributed by atoms with van der Waals surface area (Å²) in [6.45, 7) is 5.55. The van der Waals surface area contributed by atoms with E-state index in [1.54, 1.807) is 18.7 Å². The molecule has 2 aliphatic rings. The van der Waals surface area contributed by atoms with E-state index in [1.165, 1.54) is 6.42 Å². The fraction of sp³-hybridized carbons (Fsp3) is 0.542. The number of nitrogens with one attached hydrogen (secondary N) is 1. The first-order chi connectivity index (χ1) is 14.5. The lowest BCUT2D eigenvalue weighted by molar-refractivity contribution is -0.127. The van der Waals surface area contributed by atoms with Crippen molar-refractivity contribution in [1.29, 1.82) is 0 Å². The average molecular weight is 410 g/mol. The van der Waals surface area contributed by atoms with Gasteiger partial charge in [-0.2, -0.15) is 0 Å². The minimum Gasteiger partial charge on any atom is -0.361 e. The molecule has 2 amide bonds. The lowest BCUT2D eigenvalue weighted by Crippen LogP contribution is -2.48. The van der Waals surface area contributed by atoms with E-state index in [0.717, 1.165) is 49.7 Å². The zero-order valence-corrected chi connectivity index (χ0v) is 18.1. The summed E-state index contributed by atoms with van der Waals surface area (Å²) >= 11 is 0. The molecule has 4 rings (SSSR count). The summed E-state index contributed by atoms with van der Waals surface area (Å²) in [5.74, 6) is 0.245. The summed E-state index contributed by atoms with van der Waals surface area (Å²) < 4.78 is 5.25. The van der Waals surface area contributed by atoms with Crippen molar-refractivity contribution < 1.29 is 14.1 Å². The third-order valence-electron chi connectivity index (χ3n) is 6.29. The van der Waals surface area contributed by atoms with Gasteiger partial charge in [0.2, 0.25) is 5.91 Å². The molecular formula is C24H31N3O3. The van der Waals surface area contributed by atoms with Crippen molar-refractivity contribution in [3.8, 4) is 0 Å². The largest absolute Gasteiger partial charge is 0.361 e. The molecule has 2 aromatic rings. The quantitative estimate of drug-likeness (QED) is 0.767. The molecule has 1 aromatic heterocycles. The summed E-state index contributed by atoms with van der Waals surface area (Å²) in [6, 6.07) is 7.54. The number of carbonyl (C=O) groups excluding carboxylic acids is 2. The highest BCUT2D eigenvalue weighted by Crippen LogP contribution is 2.37. The van der Waals surface area contributed by atoms with E-state index in [4.69, 9.17) is 4.52 Å². The first kappa shape index (κ1) is 20.6. The van der Waals surface area contributed by atoms with Gasteiger partial charge in [-0.15, -0.1) is 0 Å². The molecule has 6 nitrogen and oxygen atoms in total. The molecule has 6 heteroatoms. The van der Waals surface area contributed by atoms with Gasteiger partial charge in [0.05, 0.1) is 5.69 Å². The van der Waals surface area contributed by atoms with E-state index in [9.17, 15) is 9.59 Å². The Bertz CT molecular complexity index is 889. The van der Waals surface area contributed by atoms with Gasteiger partial charge in [-0.1, -0.05) is 54.2 Å². The van der Waals surface area contributed by atoms with Crippen molar-refractivity contribution in [2.75, 3.05) is 0 Å². The Morgan fingerprint density at radius 1 is 1.03 bits per heavy atom. The molecule has 0 unspecified atom stereocenters. The first-order valence-electron chi connectivity index (χ1n) is 11.1. The second-order valence-corrected chi connectivity index (χ2v) is 8.80. The van der Waals surface area contributed by atoms with Crippen LogP contribution in [0.2, 0.25) is 0 Å².